The maximum Gasteiger partial charge on any atom is 0.240 e. The molecular weight excluding hydrogens is 258 g/mol. The quantitative estimate of drug-likeness (QED) is 0.803. The van der Waals surface area contributed by atoms with E-state index in [-0.39, 0.29) is 4.83 Å². The molecule has 0 N–H and O–H groups in total. The van der Waals surface area contributed by atoms with Crippen LogP contribution in [-0.2, 0) is 0 Å². The van der Waals surface area contributed by atoms with Crippen LogP contribution >= 0.6 is 15.9 Å². The number of alkyl halides is 1. The van der Waals surface area contributed by atoms with Crippen molar-refractivity contribution >= 4 is 15.9 Å². The molecule has 0 bridgehead atoms. The topological polar surface area (TPSA) is 51.8 Å². The number of hydrogen-bond donors (Lipinski definition) is 0. The monoisotopic (exact) mass is 267 g/mol. The molecule has 0 radical (unpaired) electrons. The van der Waals surface area contributed by atoms with Gasteiger partial charge in [-0.3, -0.25) is 4.98 Å². The number of halogens is 1. The summed E-state index contributed by atoms with van der Waals surface area (Å²) in [6, 6.07) is 5.59. The van der Waals surface area contributed by atoms with Crippen LogP contribution in [0.15, 0.2) is 28.9 Å². The number of hydrogen-bond acceptors (Lipinski definition) is 4. The molecule has 0 saturated heterocycles. The first kappa shape index (κ1) is 10.3. The Balaban J connectivity index is 2.28. The molecule has 2 heterocycles. The Bertz CT molecular complexity index is 429. The SMILES string of the molecule is CCC(Br)c1nc(-c2ccccn2)no1. The zero-order valence-corrected chi connectivity index (χ0v) is 9.81. The number of nitrogens with zero attached hydrogens (tertiary/aromatic N) is 3. The first-order valence-corrected chi connectivity index (χ1v) is 5.62. The molecule has 0 fully saturated rings. The van der Waals surface area contributed by atoms with Crippen molar-refractivity contribution in [1.82, 2.24) is 15.1 Å². The first-order chi connectivity index (χ1) is 7.31. The van der Waals surface area contributed by atoms with Gasteiger partial charge in [-0.2, -0.15) is 4.98 Å². The van der Waals surface area contributed by atoms with Crippen LogP contribution in [0.5, 0.6) is 0 Å². The lowest BCUT2D eigenvalue weighted by atomic mass is 10.3. The fourth-order valence-corrected chi connectivity index (χ4v) is 1.32. The largest absolute Gasteiger partial charge is 0.338 e. The molecule has 0 amide bonds. The molecule has 0 aliphatic heterocycles. The fourth-order valence-electron chi connectivity index (χ4n) is 1.14. The van der Waals surface area contributed by atoms with Gasteiger partial charge in [-0.05, 0) is 18.6 Å². The molecule has 0 saturated carbocycles. The fraction of sp³-hybridized carbons (Fsp3) is 0.300. The van der Waals surface area contributed by atoms with Gasteiger partial charge in [0.25, 0.3) is 0 Å². The highest BCUT2D eigenvalue weighted by atomic mass is 79.9. The van der Waals surface area contributed by atoms with Crippen LogP contribution < -0.4 is 0 Å². The maximum atomic E-state index is 5.12. The van der Waals surface area contributed by atoms with Crippen molar-refractivity contribution < 1.29 is 4.52 Å². The Morgan fingerprint density at radius 1 is 1.47 bits per heavy atom. The Hall–Kier alpha value is -1.23. The normalized spacial score (nSPS) is 12.7. The smallest absolute Gasteiger partial charge is 0.240 e. The molecule has 2 aromatic heterocycles. The summed E-state index contributed by atoms with van der Waals surface area (Å²) >= 11 is 3.45. The number of pyridine rings is 1. The van der Waals surface area contributed by atoms with Crippen molar-refractivity contribution in [1.29, 1.82) is 0 Å². The summed E-state index contributed by atoms with van der Waals surface area (Å²) in [5.41, 5.74) is 0.725. The minimum absolute atomic E-state index is 0.113. The van der Waals surface area contributed by atoms with Gasteiger partial charge in [-0.15, -0.1) is 0 Å². The van der Waals surface area contributed by atoms with E-state index in [4.69, 9.17) is 4.52 Å². The molecule has 0 spiro atoms. The summed E-state index contributed by atoms with van der Waals surface area (Å²) in [7, 11) is 0. The van der Waals surface area contributed by atoms with Crippen molar-refractivity contribution in [2.75, 3.05) is 0 Å². The summed E-state index contributed by atoms with van der Waals surface area (Å²) < 4.78 is 5.12. The van der Waals surface area contributed by atoms with Crippen LogP contribution in [0.4, 0.5) is 0 Å². The van der Waals surface area contributed by atoms with E-state index in [0.29, 0.717) is 11.7 Å². The minimum Gasteiger partial charge on any atom is -0.338 e. The van der Waals surface area contributed by atoms with Crippen molar-refractivity contribution in [3.05, 3.63) is 30.3 Å². The highest BCUT2D eigenvalue weighted by Crippen LogP contribution is 2.25. The van der Waals surface area contributed by atoms with Crippen molar-refractivity contribution in [3.8, 4) is 11.5 Å². The zero-order valence-electron chi connectivity index (χ0n) is 8.22. The van der Waals surface area contributed by atoms with Crippen LogP contribution in [0.3, 0.4) is 0 Å². The predicted octanol–water partition coefficient (Wildman–Crippen LogP) is 2.98. The van der Waals surface area contributed by atoms with E-state index >= 15 is 0 Å². The maximum absolute atomic E-state index is 5.12. The van der Waals surface area contributed by atoms with Gasteiger partial charge in [0.1, 0.15) is 5.69 Å². The second-order valence-corrected chi connectivity index (χ2v) is 4.15. The Morgan fingerprint density at radius 3 is 3.00 bits per heavy atom. The third kappa shape index (κ3) is 2.23. The second kappa shape index (κ2) is 4.53. The molecule has 0 aliphatic carbocycles. The Morgan fingerprint density at radius 2 is 2.33 bits per heavy atom. The van der Waals surface area contributed by atoms with Crippen molar-refractivity contribution in [2.24, 2.45) is 0 Å². The van der Waals surface area contributed by atoms with Gasteiger partial charge in [0.05, 0.1) is 4.83 Å². The molecule has 1 atom stereocenters. The second-order valence-electron chi connectivity index (χ2n) is 3.05. The van der Waals surface area contributed by atoms with Gasteiger partial charge in [0.15, 0.2) is 0 Å². The van der Waals surface area contributed by atoms with E-state index in [2.05, 4.69) is 31.1 Å². The molecule has 2 rings (SSSR count). The molecule has 5 heteroatoms. The molecule has 1 unspecified atom stereocenters. The number of rotatable bonds is 3. The predicted molar refractivity (Wildman–Crippen MR) is 59.5 cm³/mol. The van der Waals surface area contributed by atoms with Gasteiger partial charge in [-0.25, -0.2) is 0 Å². The van der Waals surface area contributed by atoms with Gasteiger partial charge in [0.2, 0.25) is 11.7 Å². The summed E-state index contributed by atoms with van der Waals surface area (Å²) in [6.45, 7) is 2.05. The van der Waals surface area contributed by atoms with E-state index < -0.39 is 0 Å². The van der Waals surface area contributed by atoms with Crippen molar-refractivity contribution in [2.45, 2.75) is 18.2 Å². The molecular formula is C10H10BrN3O. The first-order valence-electron chi connectivity index (χ1n) is 4.70. The average Bonchev–Trinajstić information content (AvgIpc) is 2.78. The van der Waals surface area contributed by atoms with E-state index in [1.165, 1.54) is 0 Å². The standard InChI is InChI=1S/C10H10BrN3O/c1-2-7(11)10-13-9(14-15-10)8-5-3-4-6-12-8/h3-7H,2H2,1H3. The van der Waals surface area contributed by atoms with Gasteiger partial charge in [0, 0.05) is 6.20 Å². The Labute approximate surface area is 95.9 Å². The average molecular weight is 268 g/mol. The van der Waals surface area contributed by atoms with E-state index in [1.54, 1.807) is 6.20 Å². The summed E-state index contributed by atoms with van der Waals surface area (Å²) in [4.78, 5) is 8.52. The molecule has 4 nitrogen and oxygen atoms in total. The molecule has 78 valence electrons. The lowest BCUT2D eigenvalue weighted by Crippen LogP contribution is -1.88. The third-order valence-electron chi connectivity index (χ3n) is 1.96. The van der Waals surface area contributed by atoms with Crippen LogP contribution in [0, 0.1) is 0 Å². The van der Waals surface area contributed by atoms with Crippen LogP contribution in [0.2, 0.25) is 0 Å². The number of aromatic nitrogens is 3. The third-order valence-corrected chi connectivity index (χ3v) is 3.00. The van der Waals surface area contributed by atoms with Crippen LogP contribution in [0.25, 0.3) is 11.5 Å². The molecule has 2 aromatic rings. The molecule has 0 aromatic carbocycles. The van der Waals surface area contributed by atoms with Gasteiger partial charge < -0.3 is 4.52 Å². The molecule has 15 heavy (non-hydrogen) atoms. The minimum atomic E-state index is 0.113. The van der Waals surface area contributed by atoms with Crippen molar-refractivity contribution in [3.63, 3.8) is 0 Å². The van der Waals surface area contributed by atoms with E-state index in [0.717, 1.165) is 12.1 Å². The summed E-state index contributed by atoms with van der Waals surface area (Å²) in [6.07, 6.45) is 2.61. The summed E-state index contributed by atoms with van der Waals surface area (Å²) in [5.74, 6) is 1.13. The van der Waals surface area contributed by atoms with Gasteiger partial charge >= 0.3 is 0 Å². The highest BCUT2D eigenvalue weighted by Gasteiger charge is 2.14. The van der Waals surface area contributed by atoms with E-state index in [9.17, 15) is 0 Å². The zero-order chi connectivity index (χ0) is 10.7. The Kier molecular flexibility index (Phi) is 3.11. The van der Waals surface area contributed by atoms with Gasteiger partial charge in [-0.1, -0.05) is 34.1 Å². The lowest BCUT2D eigenvalue weighted by Gasteiger charge is -1.96. The molecule has 0 aliphatic rings. The van der Waals surface area contributed by atoms with E-state index in [1.807, 2.05) is 25.1 Å². The lowest BCUT2D eigenvalue weighted by molar-refractivity contribution is 0.377. The van der Waals surface area contributed by atoms with Crippen LogP contribution in [-0.4, -0.2) is 15.1 Å². The highest BCUT2D eigenvalue weighted by molar-refractivity contribution is 9.09. The summed E-state index contributed by atoms with van der Waals surface area (Å²) in [5, 5.41) is 3.88. The van der Waals surface area contributed by atoms with Crippen LogP contribution in [0.1, 0.15) is 24.1 Å².